The Kier molecular flexibility index (Phi) is 3.64. The molecule has 1 heterocycles. The summed E-state index contributed by atoms with van der Waals surface area (Å²) >= 11 is 0. The van der Waals surface area contributed by atoms with Gasteiger partial charge >= 0.3 is 5.97 Å². The Morgan fingerprint density at radius 1 is 1.32 bits per heavy atom. The Labute approximate surface area is 111 Å². The Morgan fingerprint density at radius 2 is 2.05 bits per heavy atom. The summed E-state index contributed by atoms with van der Waals surface area (Å²) in [5, 5.41) is 13.1. The third kappa shape index (κ3) is 2.99. The molecule has 0 radical (unpaired) electrons. The van der Waals surface area contributed by atoms with E-state index in [1.165, 1.54) is 5.56 Å². The topological polar surface area (TPSA) is 68.0 Å². The van der Waals surface area contributed by atoms with Crippen LogP contribution in [0.2, 0.25) is 0 Å². The van der Waals surface area contributed by atoms with Gasteiger partial charge in [0, 0.05) is 6.42 Å². The molecule has 0 amide bonds. The molecule has 0 unspecified atom stereocenters. The molecule has 0 saturated carbocycles. The summed E-state index contributed by atoms with van der Waals surface area (Å²) < 4.78 is 1.74. The number of hydrogen-bond donors (Lipinski definition) is 1. The SMILES string of the molecule is Cc1ccc(-n2nc(C)nc2CCC(=O)O)c(C)c1. The minimum absolute atomic E-state index is 0.0586. The summed E-state index contributed by atoms with van der Waals surface area (Å²) in [6.07, 6.45) is 0.437. The van der Waals surface area contributed by atoms with Crippen molar-refractivity contribution in [1.82, 2.24) is 14.8 Å². The minimum Gasteiger partial charge on any atom is -0.481 e. The molecule has 0 aliphatic carbocycles. The van der Waals surface area contributed by atoms with E-state index in [0.717, 1.165) is 11.3 Å². The lowest BCUT2D eigenvalue weighted by Gasteiger charge is -2.09. The lowest BCUT2D eigenvalue weighted by Crippen LogP contribution is -2.07. The molecule has 0 fully saturated rings. The van der Waals surface area contributed by atoms with Crippen LogP contribution in [0.1, 0.15) is 29.2 Å². The van der Waals surface area contributed by atoms with Crippen molar-refractivity contribution in [3.05, 3.63) is 41.0 Å². The highest BCUT2D eigenvalue weighted by atomic mass is 16.4. The van der Waals surface area contributed by atoms with Gasteiger partial charge in [-0.15, -0.1) is 0 Å². The fourth-order valence-electron chi connectivity index (χ4n) is 2.08. The molecule has 5 nitrogen and oxygen atoms in total. The first-order chi connectivity index (χ1) is 8.97. The largest absolute Gasteiger partial charge is 0.481 e. The Morgan fingerprint density at radius 3 is 2.68 bits per heavy atom. The summed E-state index contributed by atoms with van der Waals surface area (Å²) in [4.78, 5) is 15.0. The molecule has 2 rings (SSSR count). The zero-order valence-electron chi connectivity index (χ0n) is 11.3. The summed E-state index contributed by atoms with van der Waals surface area (Å²) in [6, 6.07) is 6.08. The zero-order chi connectivity index (χ0) is 14.0. The van der Waals surface area contributed by atoms with Gasteiger partial charge in [0.1, 0.15) is 11.6 Å². The second-order valence-corrected chi connectivity index (χ2v) is 4.67. The molecule has 0 bridgehead atoms. The first kappa shape index (κ1) is 13.3. The van der Waals surface area contributed by atoms with E-state index >= 15 is 0 Å². The van der Waals surface area contributed by atoms with Gasteiger partial charge in [-0.25, -0.2) is 9.67 Å². The van der Waals surface area contributed by atoms with Crippen molar-refractivity contribution in [3.63, 3.8) is 0 Å². The number of aryl methyl sites for hydroxylation is 4. The van der Waals surface area contributed by atoms with Crippen molar-refractivity contribution >= 4 is 5.97 Å². The summed E-state index contributed by atoms with van der Waals surface area (Å²) in [7, 11) is 0. The quantitative estimate of drug-likeness (QED) is 0.914. The van der Waals surface area contributed by atoms with Crippen molar-refractivity contribution in [2.75, 3.05) is 0 Å². The van der Waals surface area contributed by atoms with Crippen molar-refractivity contribution in [3.8, 4) is 5.69 Å². The number of aliphatic carboxylic acids is 1. The maximum atomic E-state index is 10.7. The molecule has 1 aromatic heterocycles. The molecular formula is C14H17N3O2. The van der Waals surface area contributed by atoms with E-state index in [0.29, 0.717) is 18.1 Å². The van der Waals surface area contributed by atoms with Crippen LogP contribution in [0.4, 0.5) is 0 Å². The van der Waals surface area contributed by atoms with E-state index in [2.05, 4.69) is 16.1 Å². The lowest BCUT2D eigenvalue weighted by atomic mass is 10.1. The average Bonchev–Trinajstić information content (AvgIpc) is 2.67. The van der Waals surface area contributed by atoms with Gasteiger partial charge in [0.15, 0.2) is 0 Å². The second-order valence-electron chi connectivity index (χ2n) is 4.67. The highest BCUT2D eigenvalue weighted by Gasteiger charge is 2.12. The molecule has 0 atom stereocenters. The number of nitrogens with zero attached hydrogens (tertiary/aromatic N) is 3. The Bertz CT molecular complexity index is 617. The van der Waals surface area contributed by atoms with Gasteiger partial charge in [-0.2, -0.15) is 5.10 Å². The van der Waals surface area contributed by atoms with Crippen LogP contribution >= 0.6 is 0 Å². The van der Waals surface area contributed by atoms with Gasteiger partial charge in [-0.3, -0.25) is 4.79 Å². The molecule has 2 aromatic rings. The van der Waals surface area contributed by atoms with Crippen molar-refractivity contribution in [1.29, 1.82) is 0 Å². The van der Waals surface area contributed by atoms with Crippen LogP contribution in [0.5, 0.6) is 0 Å². The van der Waals surface area contributed by atoms with Crippen LogP contribution in [0.15, 0.2) is 18.2 Å². The fraction of sp³-hybridized carbons (Fsp3) is 0.357. The summed E-state index contributed by atoms with van der Waals surface area (Å²) in [5.74, 6) is 0.514. The maximum absolute atomic E-state index is 10.7. The van der Waals surface area contributed by atoms with Gasteiger partial charge in [-0.05, 0) is 32.4 Å². The first-order valence-corrected chi connectivity index (χ1v) is 6.19. The molecular weight excluding hydrogens is 242 g/mol. The molecule has 19 heavy (non-hydrogen) atoms. The van der Waals surface area contributed by atoms with Crippen LogP contribution in [0.25, 0.3) is 5.69 Å². The van der Waals surface area contributed by atoms with Gasteiger partial charge in [0.25, 0.3) is 0 Å². The van der Waals surface area contributed by atoms with Gasteiger partial charge in [0.05, 0.1) is 12.1 Å². The number of rotatable bonds is 4. The molecule has 0 aliphatic heterocycles. The lowest BCUT2D eigenvalue weighted by molar-refractivity contribution is -0.137. The van der Waals surface area contributed by atoms with E-state index < -0.39 is 5.97 Å². The van der Waals surface area contributed by atoms with Crippen LogP contribution < -0.4 is 0 Å². The normalized spacial score (nSPS) is 10.7. The predicted molar refractivity (Wildman–Crippen MR) is 71.5 cm³/mol. The maximum Gasteiger partial charge on any atom is 0.303 e. The van der Waals surface area contributed by atoms with E-state index in [1.54, 1.807) is 4.68 Å². The summed E-state index contributed by atoms with van der Waals surface area (Å²) in [6.45, 7) is 5.86. The van der Waals surface area contributed by atoms with Gasteiger partial charge in [-0.1, -0.05) is 17.7 Å². The molecule has 1 aromatic carbocycles. The van der Waals surface area contributed by atoms with Crippen LogP contribution in [0, 0.1) is 20.8 Å². The Hall–Kier alpha value is -2.17. The summed E-state index contributed by atoms with van der Waals surface area (Å²) in [5.41, 5.74) is 3.23. The molecule has 1 N–H and O–H groups in total. The highest BCUT2D eigenvalue weighted by Crippen LogP contribution is 2.17. The number of benzene rings is 1. The number of carbonyl (C=O) groups is 1. The average molecular weight is 259 g/mol. The van der Waals surface area contributed by atoms with Gasteiger partial charge < -0.3 is 5.11 Å². The molecule has 100 valence electrons. The third-order valence-corrected chi connectivity index (χ3v) is 2.92. The van der Waals surface area contributed by atoms with Crippen LogP contribution in [0.3, 0.4) is 0 Å². The number of aromatic nitrogens is 3. The van der Waals surface area contributed by atoms with Crippen molar-refractivity contribution in [2.24, 2.45) is 0 Å². The predicted octanol–water partition coefficient (Wildman–Crippen LogP) is 2.21. The fourth-order valence-corrected chi connectivity index (χ4v) is 2.08. The number of carboxylic acids is 1. The second kappa shape index (κ2) is 5.22. The zero-order valence-corrected chi connectivity index (χ0v) is 11.3. The Balaban J connectivity index is 2.40. The van der Waals surface area contributed by atoms with E-state index in [4.69, 9.17) is 5.11 Å². The van der Waals surface area contributed by atoms with Crippen molar-refractivity contribution in [2.45, 2.75) is 33.6 Å². The van der Waals surface area contributed by atoms with Crippen LogP contribution in [-0.4, -0.2) is 25.8 Å². The molecule has 0 saturated heterocycles. The molecule has 0 spiro atoms. The molecule has 0 aliphatic rings. The monoisotopic (exact) mass is 259 g/mol. The standard InChI is InChI=1S/C14H17N3O2/c1-9-4-5-12(10(2)8-9)17-13(6-7-14(18)19)15-11(3)16-17/h4-5,8H,6-7H2,1-3H3,(H,18,19). The minimum atomic E-state index is -0.826. The third-order valence-electron chi connectivity index (χ3n) is 2.92. The smallest absolute Gasteiger partial charge is 0.303 e. The number of carboxylic acid groups (broad SMARTS) is 1. The number of hydrogen-bond acceptors (Lipinski definition) is 3. The van der Waals surface area contributed by atoms with E-state index in [9.17, 15) is 4.79 Å². The van der Waals surface area contributed by atoms with E-state index in [-0.39, 0.29) is 6.42 Å². The van der Waals surface area contributed by atoms with Gasteiger partial charge in [0.2, 0.25) is 0 Å². The highest BCUT2D eigenvalue weighted by molar-refractivity contribution is 5.66. The molecule has 5 heteroatoms. The van der Waals surface area contributed by atoms with Crippen molar-refractivity contribution < 1.29 is 9.90 Å². The first-order valence-electron chi connectivity index (χ1n) is 6.19. The van der Waals surface area contributed by atoms with Crippen LogP contribution in [-0.2, 0) is 11.2 Å². The van der Waals surface area contributed by atoms with E-state index in [1.807, 2.05) is 32.9 Å².